The summed E-state index contributed by atoms with van der Waals surface area (Å²) in [6, 6.07) is 13.0. The van der Waals surface area contributed by atoms with Crippen LogP contribution in [0, 0.1) is 0 Å². The number of hydrogen-bond donors (Lipinski definition) is 1. The number of ether oxygens (including phenoxy) is 2. The van der Waals surface area contributed by atoms with Gasteiger partial charge in [0.05, 0.1) is 19.6 Å². The van der Waals surface area contributed by atoms with Gasteiger partial charge in [-0.25, -0.2) is 0 Å². The Kier molecular flexibility index (Phi) is 4.91. The van der Waals surface area contributed by atoms with Crippen molar-refractivity contribution >= 4 is 17.5 Å². The topological polar surface area (TPSA) is 47.6 Å². The first-order valence-corrected chi connectivity index (χ1v) is 8.65. The molecule has 1 aliphatic rings. The molecule has 1 aliphatic heterocycles. The van der Waals surface area contributed by atoms with Gasteiger partial charge in [0.15, 0.2) is 0 Å². The van der Waals surface area contributed by atoms with Crippen molar-refractivity contribution < 1.29 is 14.3 Å². The van der Waals surface area contributed by atoms with Crippen molar-refractivity contribution in [2.75, 3.05) is 7.11 Å². The minimum atomic E-state index is -0.368. The second-order valence-corrected chi connectivity index (χ2v) is 7.33. The lowest BCUT2D eigenvalue weighted by atomic mass is 9.89. The number of amides is 1. The van der Waals surface area contributed by atoms with Crippen LogP contribution in [0.2, 0.25) is 5.02 Å². The molecular weight excluding hydrogens is 338 g/mol. The van der Waals surface area contributed by atoms with E-state index in [0.29, 0.717) is 17.9 Å². The molecule has 0 spiro atoms. The van der Waals surface area contributed by atoms with Gasteiger partial charge in [0.2, 0.25) is 5.91 Å². The molecule has 25 heavy (non-hydrogen) atoms. The zero-order valence-corrected chi connectivity index (χ0v) is 15.4. The molecule has 1 atom stereocenters. The molecule has 0 aliphatic carbocycles. The highest BCUT2D eigenvalue weighted by molar-refractivity contribution is 6.30. The first-order valence-electron chi connectivity index (χ1n) is 8.27. The Labute approximate surface area is 153 Å². The Morgan fingerprint density at radius 2 is 2.12 bits per heavy atom. The predicted octanol–water partition coefficient (Wildman–Crippen LogP) is 4.31. The fraction of sp³-hybridized carbons (Fsp3) is 0.350. The highest BCUT2D eigenvalue weighted by Gasteiger charge is 2.34. The molecule has 0 saturated heterocycles. The Hall–Kier alpha value is -2.20. The molecule has 5 heteroatoms. The maximum atomic E-state index is 12.5. The van der Waals surface area contributed by atoms with Crippen LogP contribution in [0.15, 0.2) is 42.5 Å². The summed E-state index contributed by atoms with van der Waals surface area (Å²) in [5.41, 5.74) is 1.50. The second-order valence-electron chi connectivity index (χ2n) is 6.90. The van der Waals surface area contributed by atoms with Crippen LogP contribution in [0.4, 0.5) is 0 Å². The number of hydrogen-bond acceptors (Lipinski definition) is 3. The fourth-order valence-corrected chi connectivity index (χ4v) is 3.38. The normalized spacial score (nSPS) is 18.0. The first kappa shape index (κ1) is 17.6. The minimum Gasteiger partial charge on any atom is -0.497 e. The third-order valence-corrected chi connectivity index (χ3v) is 4.50. The molecule has 132 valence electrons. The summed E-state index contributed by atoms with van der Waals surface area (Å²) in [5.74, 6) is 1.45. The highest BCUT2D eigenvalue weighted by Crippen LogP contribution is 2.41. The average Bonchev–Trinajstić information content (AvgIpc) is 2.53. The van der Waals surface area contributed by atoms with Gasteiger partial charge in [-0.15, -0.1) is 0 Å². The lowest BCUT2D eigenvalue weighted by molar-refractivity contribution is -0.121. The lowest BCUT2D eigenvalue weighted by Crippen LogP contribution is -2.41. The van der Waals surface area contributed by atoms with E-state index in [2.05, 4.69) is 5.32 Å². The van der Waals surface area contributed by atoms with Crippen LogP contribution in [0.5, 0.6) is 11.5 Å². The van der Waals surface area contributed by atoms with E-state index in [0.717, 1.165) is 22.6 Å². The van der Waals surface area contributed by atoms with Crippen molar-refractivity contribution in [2.24, 2.45) is 0 Å². The van der Waals surface area contributed by atoms with E-state index in [1.54, 1.807) is 13.2 Å². The number of benzene rings is 2. The van der Waals surface area contributed by atoms with Gasteiger partial charge in [0.1, 0.15) is 17.1 Å². The third-order valence-electron chi connectivity index (χ3n) is 4.27. The maximum Gasteiger partial charge on any atom is 0.224 e. The predicted molar refractivity (Wildman–Crippen MR) is 98.4 cm³/mol. The van der Waals surface area contributed by atoms with Crippen LogP contribution in [0.3, 0.4) is 0 Å². The van der Waals surface area contributed by atoms with Gasteiger partial charge in [-0.3, -0.25) is 4.79 Å². The monoisotopic (exact) mass is 359 g/mol. The van der Waals surface area contributed by atoms with Gasteiger partial charge in [-0.05, 0) is 43.7 Å². The van der Waals surface area contributed by atoms with E-state index in [1.807, 2.05) is 50.2 Å². The van der Waals surface area contributed by atoms with E-state index in [4.69, 9.17) is 21.1 Å². The summed E-state index contributed by atoms with van der Waals surface area (Å²) < 4.78 is 11.3. The zero-order valence-electron chi connectivity index (χ0n) is 14.6. The molecule has 0 fully saturated rings. The van der Waals surface area contributed by atoms with E-state index in [1.165, 1.54) is 0 Å². The van der Waals surface area contributed by atoms with Crippen LogP contribution >= 0.6 is 11.6 Å². The van der Waals surface area contributed by atoms with Crippen molar-refractivity contribution in [1.82, 2.24) is 5.32 Å². The molecule has 0 bridgehead atoms. The molecule has 2 aromatic rings. The number of methoxy groups -OCH3 is 1. The Bertz CT molecular complexity index is 788. The van der Waals surface area contributed by atoms with Crippen LogP contribution in [-0.4, -0.2) is 18.6 Å². The number of carbonyl (C=O) groups is 1. The van der Waals surface area contributed by atoms with Crippen molar-refractivity contribution in [2.45, 2.75) is 38.3 Å². The summed E-state index contributed by atoms with van der Waals surface area (Å²) in [6.07, 6.45) is 0.997. The molecule has 1 N–H and O–H groups in total. The van der Waals surface area contributed by atoms with Gasteiger partial charge < -0.3 is 14.8 Å². The summed E-state index contributed by atoms with van der Waals surface area (Å²) >= 11 is 5.99. The summed E-state index contributed by atoms with van der Waals surface area (Å²) in [7, 11) is 1.62. The fourth-order valence-electron chi connectivity index (χ4n) is 3.17. The quantitative estimate of drug-likeness (QED) is 0.884. The van der Waals surface area contributed by atoms with Crippen molar-refractivity contribution in [1.29, 1.82) is 0 Å². The summed E-state index contributed by atoms with van der Waals surface area (Å²) in [5, 5.41) is 3.77. The van der Waals surface area contributed by atoms with Crippen molar-refractivity contribution in [3.63, 3.8) is 0 Å². The SMILES string of the molecule is COc1ccc2c(c1)OC(C)(C)C[C@@H]2NC(=O)Cc1cccc(Cl)c1. The van der Waals surface area contributed by atoms with Crippen molar-refractivity contribution in [3.8, 4) is 11.5 Å². The third kappa shape index (κ3) is 4.26. The van der Waals surface area contributed by atoms with Gasteiger partial charge in [0, 0.05) is 23.1 Å². The standard InChI is InChI=1S/C20H22ClNO3/c1-20(2)12-17(16-8-7-15(24-3)11-18(16)25-20)22-19(23)10-13-5-4-6-14(21)9-13/h4-9,11,17H,10,12H2,1-3H3,(H,22,23)/t17-/m0/s1. The molecule has 1 amide bonds. The molecule has 2 aromatic carbocycles. The zero-order chi connectivity index (χ0) is 18.0. The Balaban J connectivity index is 1.79. The summed E-state index contributed by atoms with van der Waals surface area (Å²) in [6.45, 7) is 4.04. The van der Waals surface area contributed by atoms with Crippen molar-refractivity contribution in [3.05, 3.63) is 58.6 Å². The number of nitrogens with one attached hydrogen (secondary N) is 1. The Morgan fingerprint density at radius 3 is 2.84 bits per heavy atom. The molecule has 4 nitrogen and oxygen atoms in total. The number of fused-ring (bicyclic) bond motifs is 1. The van der Waals surface area contributed by atoms with E-state index < -0.39 is 0 Å². The number of halogens is 1. The van der Waals surface area contributed by atoms with E-state index in [-0.39, 0.29) is 17.6 Å². The van der Waals surface area contributed by atoms with Crippen LogP contribution in [0.25, 0.3) is 0 Å². The first-order chi connectivity index (χ1) is 11.9. The minimum absolute atomic E-state index is 0.0354. The van der Waals surface area contributed by atoms with Gasteiger partial charge in [0.25, 0.3) is 0 Å². The molecule has 0 unspecified atom stereocenters. The molecule has 0 aromatic heterocycles. The molecule has 0 saturated carbocycles. The van der Waals surface area contributed by atoms with Crippen LogP contribution < -0.4 is 14.8 Å². The van der Waals surface area contributed by atoms with E-state index in [9.17, 15) is 4.79 Å². The highest BCUT2D eigenvalue weighted by atomic mass is 35.5. The Morgan fingerprint density at radius 1 is 1.32 bits per heavy atom. The second kappa shape index (κ2) is 6.96. The molecule has 1 heterocycles. The summed E-state index contributed by atoms with van der Waals surface area (Å²) in [4.78, 5) is 12.5. The smallest absolute Gasteiger partial charge is 0.224 e. The van der Waals surface area contributed by atoms with Gasteiger partial charge in [-0.1, -0.05) is 23.7 Å². The van der Waals surface area contributed by atoms with Gasteiger partial charge >= 0.3 is 0 Å². The molecule has 0 radical (unpaired) electrons. The van der Waals surface area contributed by atoms with Gasteiger partial charge in [-0.2, -0.15) is 0 Å². The average molecular weight is 360 g/mol. The molecular formula is C20H22ClNO3. The number of carbonyl (C=O) groups excluding carboxylic acids is 1. The largest absolute Gasteiger partial charge is 0.497 e. The van der Waals surface area contributed by atoms with E-state index >= 15 is 0 Å². The van der Waals surface area contributed by atoms with Crippen LogP contribution in [0.1, 0.15) is 37.4 Å². The number of rotatable bonds is 4. The molecule has 3 rings (SSSR count). The maximum absolute atomic E-state index is 12.5. The van der Waals surface area contributed by atoms with Crippen LogP contribution in [-0.2, 0) is 11.2 Å². The lowest BCUT2D eigenvalue weighted by Gasteiger charge is -2.38.